The van der Waals surface area contributed by atoms with Crippen LogP contribution >= 0.6 is 0 Å². The van der Waals surface area contributed by atoms with Gasteiger partial charge >= 0.3 is 0 Å². The van der Waals surface area contributed by atoms with Gasteiger partial charge in [-0.1, -0.05) is 25.3 Å². The zero-order valence-corrected chi connectivity index (χ0v) is 11.5. The zero-order valence-electron chi connectivity index (χ0n) is 11.5. The van der Waals surface area contributed by atoms with Gasteiger partial charge < -0.3 is 9.47 Å². The summed E-state index contributed by atoms with van der Waals surface area (Å²) in [7, 11) is 0. The maximum Gasteiger partial charge on any atom is 0.114 e. The van der Waals surface area contributed by atoms with Crippen LogP contribution in [0.2, 0.25) is 0 Å². The van der Waals surface area contributed by atoms with Gasteiger partial charge in [0.25, 0.3) is 0 Å². The first-order valence-corrected chi connectivity index (χ1v) is 5.90. The molecule has 2 heteroatoms. The molecule has 0 amide bonds. The van der Waals surface area contributed by atoms with E-state index in [1.165, 1.54) is 0 Å². The van der Waals surface area contributed by atoms with E-state index in [1.807, 2.05) is 33.8 Å². The summed E-state index contributed by atoms with van der Waals surface area (Å²) in [5.74, 6) is 1.66. The Morgan fingerprint density at radius 2 is 1.71 bits per heavy atom. The molecule has 0 fully saturated rings. The Morgan fingerprint density at radius 3 is 2.24 bits per heavy atom. The van der Waals surface area contributed by atoms with Gasteiger partial charge in [0.1, 0.15) is 5.76 Å². The molecule has 0 aromatic rings. The lowest BCUT2D eigenvalue weighted by atomic mass is 10.2. The smallest absolute Gasteiger partial charge is 0.114 e. The van der Waals surface area contributed by atoms with Gasteiger partial charge in [-0.2, -0.15) is 0 Å². The Labute approximate surface area is 105 Å². The number of hydrogen-bond acceptors (Lipinski definition) is 2. The van der Waals surface area contributed by atoms with Crippen LogP contribution in [0.1, 0.15) is 34.1 Å². The maximum atomic E-state index is 5.55. The highest BCUT2D eigenvalue weighted by Crippen LogP contribution is 2.09. The van der Waals surface area contributed by atoms with Gasteiger partial charge in [0.15, 0.2) is 0 Å². The van der Waals surface area contributed by atoms with Crippen LogP contribution in [0.25, 0.3) is 0 Å². The van der Waals surface area contributed by atoms with Crippen LogP contribution in [0.3, 0.4) is 0 Å². The molecule has 0 atom stereocenters. The van der Waals surface area contributed by atoms with E-state index in [4.69, 9.17) is 9.47 Å². The lowest BCUT2D eigenvalue weighted by Crippen LogP contribution is -2.01. The van der Waals surface area contributed by atoms with E-state index in [9.17, 15) is 0 Å². The van der Waals surface area contributed by atoms with Crippen molar-refractivity contribution in [2.75, 3.05) is 13.2 Å². The van der Waals surface area contributed by atoms with E-state index in [0.29, 0.717) is 13.2 Å². The van der Waals surface area contributed by atoms with Gasteiger partial charge in [-0.3, -0.25) is 0 Å². The Hall–Kier alpha value is -1.44. The molecule has 0 unspecified atom stereocenters. The summed E-state index contributed by atoms with van der Waals surface area (Å²) in [6.07, 6.45) is 4.63. The molecule has 17 heavy (non-hydrogen) atoms. The molecular formula is C15H24O2. The molecule has 2 nitrogen and oxygen atoms in total. The molecular weight excluding hydrogens is 212 g/mol. The lowest BCUT2D eigenvalue weighted by molar-refractivity contribution is 0.155. The standard InChI is InChI=1S/C15H24O2/c1-7-12(3)14(5)16-10-9-11-17-15(6)13(4)8-2/h7-8H,1,6,9-11H2,2-5H3. The molecule has 0 saturated heterocycles. The molecule has 0 N–H and O–H groups in total. The fourth-order valence-electron chi connectivity index (χ4n) is 1.01. The minimum Gasteiger partial charge on any atom is -0.498 e. The van der Waals surface area contributed by atoms with Crippen molar-refractivity contribution in [3.63, 3.8) is 0 Å². The minimum atomic E-state index is 0.629. The quantitative estimate of drug-likeness (QED) is 0.354. The summed E-state index contributed by atoms with van der Waals surface area (Å²) in [5.41, 5.74) is 2.14. The lowest BCUT2D eigenvalue weighted by Gasteiger charge is -2.11. The SMILES string of the molecule is C=CC(C)=C(C)OCCCOC(=C)C(C)=CC. The van der Waals surface area contributed by atoms with Crippen LogP contribution in [-0.4, -0.2) is 13.2 Å². The third kappa shape index (κ3) is 6.67. The molecule has 0 heterocycles. The Bertz CT molecular complexity index is 322. The van der Waals surface area contributed by atoms with Gasteiger partial charge in [0, 0.05) is 6.42 Å². The fraction of sp³-hybridized carbons (Fsp3) is 0.467. The summed E-state index contributed by atoms with van der Waals surface area (Å²) in [5, 5.41) is 0. The highest BCUT2D eigenvalue weighted by molar-refractivity contribution is 5.19. The maximum absolute atomic E-state index is 5.55. The summed E-state index contributed by atoms with van der Waals surface area (Å²) in [4.78, 5) is 0. The summed E-state index contributed by atoms with van der Waals surface area (Å²) in [6.45, 7) is 16.7. The van der Waals surface area contributed by atoms with E-state index in [2.05, 4.69) is 13.2 Å². The molecule has 0 rings (SSSR count). The van der Waals surface area contributed by atoms with Crippen LogP contribution in [0.4, 0.5) is 0 Å². The first kappa shape index (κ1) is 15.6. The van der Waals surface area contributed by atoms with Crippen molar-refractivity contribution in [3.8, 4) is 0 Å². The predicted octanol–water partition coefficient (Wildman–Crippen LogP) is 4.37. The second-order valence-corrected chi connectivity index (χ2v) is 3.89. The molecule has 0 aromatic carbocycles. The fourth-order valence-corrected chi connectivity index (χ4v) is 1.01. The highest BCUT2D eigenvalue weighted by atomic mass is 16.5. The molecule has 0 aliphatic carbocycles. The van der Waals surface area contributed by atoms with Gasteiger partial charge in [-0.15, -0.1) is 0 Å². The average Bonchev–Trinajstić information content (AvgIpc) is 2.35. The Balaban J connectivity index is 3.74. The van der Waals surface area contributed by atoms with Crippen molar-refractivity contribution >= 4 is 0 Å². The first-order valence-electron chi connectivity index (χ1n) is 5.90. The molecule has 0 spiro atoms. The predicted molar refractivity (Wildman–Crippen MR) is 73.7 cm³/mol. The van der Waals surface area contributed by atoms with Crippen LogP contribution in [0.5, 0.6) is 0 Å². The Kier molecular flexibility index (Phi) is 7.95. The van der Waals surface area contributed by atoms with Crippen molar-refractivity contribution < 1.29 is 9.47 Å². The molecule has 0 aromatic heterocycles. The largest absolute Gasteiger partial charge is 0.498 e. The van der Waals surface area contributed by atoms with E-state index in [0.717, 1.165) is 29.1 Å². The molecule has 0 radical (unpaired) electrons. The number of allylic oxidation sites excluding steroid dienone is 5. The third-order valence-corrected chi connectivity index (χ3v) is 2.62. The average molecular weight is 236 g/mol. The van der Waals surface area contributed by atoms with Gasteiger partial charge in [-0.25, -0.2) is 0 Å². The highest BCUT2D eigenvalue weighted by Gasteiger charge is 1.98. The normalized spacial score (nSPS) is 12.8. The second kappa shape index (κ2) is 8.68. The summed E-state index contributed by atoms with van der Waals surface area (Å²) >= 11 is 0. The van der Waals surface area contributed by atoms with E-state index in [1.54, 1.807) is 6.08 Å². The number of hydrogen-bond donors (Lipinski definition) is 0. The molecule has 0 aliphatic rings. The van der Waals surface area contributed by atoms with Crippen molar-refractivity contribution in [3.05, 3.63) is 48.0 Å². The Morgan fingerprint density at radius 1 is 1.12 bits per heavy atom. The van der Waals surface area contributed by atoms with Gasteiger partial charge in [-0.05, 0) is 38.8 Å². The first-order chi connectivity index (χ1) is 8.02. The van der Waals surface area contributed by atoms with E-state index in [-0.39, 0.29) is 0 Å². The molecule has 0 bridgehead atoms. The zero-order chi connectivity index (χ0) is 13.3. The minimum absolute atomic E-state index is 0.629. The monoisotopic (exact) mass is 236 g/mol. The van der Waals surface area contributed by atoms with Crippen molar-refractivity contribution in [1.29, 1.82) is 0 Å². The van der Waals surface area contributed by atoms with Crippen LogP contribution < -0.4 is 0 Å². The van der Waals surface area contributed by atoms with Crippen LogP contribution in [-0.2, 0) is 9.47 Å². The van der Waals surface area contributed by atoms with Crippen LogP contribution in [0.15, 0.2) is 48.0 Å². The van der Waals surface area contributed by atoms with Gasteiger partial charge in [0.2, 0.25) is 0 Å². The summed E-state index contributed by atoms with van der Waals surface area (Å²) in [6, 6.07) is 0. The summed E-state index contributed by atoms with van der Waals surface area (Å²) < 4.78 is 11.0. The van der Waals surface area contributed by atoms with Crippen molar-refractivity contribution in [2.45, 2.75) is 34.1 Å². The topological polar surface area (TPSA) is 18.5 Å². The van der Waals surface area contributed by atoms with Crippen molar-refractivity contribution in [1.82, 2.24) is 0 Å². The van der Waals surface area contributed by atoms with Crippen molar-refractivity contribution in [2.24, 2.45) is 0 Å². The van der Waals surface area contributed by atoms with E-state index >= 15 is 0 Å². The van der Waals surface area contributed by atoms with Gasteiger partial charge in [0.05, 0.1) is 19.0 Å². The molecule has 0 saturated carbocycles. The van der Waals surface area contributed by atoms with E-state index < -0.39 is 0 Å². The second-order valence-electron chi connectivity index (χ2n) is 3.89. The third-order valence-electron chi connectivity index (χ3n) is 2.62. The number of rotatable bonds is 8. The molecule has 0 aliphatic heterocycles. The number of ether oxygens (including phenoxy) is 2. The molecule has 96 valence electrons. The van der Waals surface area contributed by atoms with Crippen LogP contribution in [0, 0.1) is 0 Å².